The predicted octanol–water partition coefficient (Wildman–Crippen LogP) is 3.94. The van der Waals surface area contributed by atoms with E-state index in [4.69, 9.17) is 9.47 Å². The van der Waals surface area contributed by atoms with Gasteiger partial charge in [-0.2, -0.15) is 0 Å². The molecule has 0 radical (unpaired) electrons. The zero-order chi connectivity index (χ0) is 16.7. The van der Waals surface area contributed by atoms with E-state index in [0.29, 0.717) is 18.3 Å². The van der Waals surface area contributed by atoms with Crippen molar-refractivity contribution in [2.45, 2.75) is 58.1 Å². The zero-order valence-electron chi connectivity index (χ0n) is 14.4. The van der Waals surface area contributed by atoms with Crippen LogP contribution in [0.5, 0.6) is 5.75 Å². The van der Waals surface area contributed by atoms with Crippen LogP contribution in [0.1, 0.15) is 46.5 Å². The second-order valence-corrected chi connectivity index (χ2v) is 6.94. The van der Waals surface area contributed by atoms with Crippen LogP contribution in [0.3, 0.4) is 0 Å². The number of nitrogens with one attached hydrogen (secondary N) is 2. The summed E-state index contributed by atoms with van der Waals surface area (Å²) in [5, 5.41) is 6.23. The summed E-state index contributed by atoms with van der Waals surface area (Å²) < 4.78 is 11.0. The molecule has 5 heteroatoms. The molecule has 1 aliphatic rings. The Hall–Kier alpha value is -1.75. The molecule has 0 heterocycles. The van der Waals surface area contributed by atoms with Crippen molar-refractivity contribution in [3.05, 3.63) is 24.3 Å². The summed E-state index contributed by atoms with van der Waals surface area (Å²) in [4.78, 5) is 11.8. The van der Waals surface area contributed by atoms with Crippen LogP contribution in [0.2, 0.25) is 0 Å². The molecule has 1 amide bonds. The van der Waals surface area contributed by atoms with Gasteiger partial charge in [-0.15, -0.1) is 0 Å². The summed E-state index contributed by atoms with van der Waals surface area (Å²) in [5.41, 5.74) is 0.157. The van der Waals surface area contributed by atoms with Gasteiger partial charge in [0.1, 0.15) is 18.0 Å². The molecule has 0 bridgehead atoms. The molecule has 0 aliphatic heterocycles. The summed E-state index contributed by atoms with van der Waals surface area (Å²) in [5.74, 6) is 0.742. The highest BCUT2D eigenvalue weighted by Crippen LogP contribution is 2.19. The number of carbonyl (C=O) groups excluding carboxylic acids is 1. The average Bonchev–Trinajstić information content (AvgIpc) is 2.95. The zero-order valence-corrected chi connectivity index (χ0v) is 14.4. The lowest BCUT2D eigenvalue weighted by atomic mass is 10.2. The van der Waals surface area contributed by atoms with Gasteiger partial charge in [-0.25, -0.2) is 4.79 Å². The first-order valence-corrected chi connectivity index (χ1v) is 8.39. The van der Waals surface area contributed by atoms with E-state index in [1.54, 1.807) is 6.07 Å². The lowest BCUT2D eigenvalue weighted by molar-refractivity contribution is 0.0636. The highest BCUT2D eigenvalue weighted by Gasteiger charge is 2.16. The Morgan fingerprint density at radius 2 is 2.00 bits per heavy atom. The normalized spacial score (nSPS) is 15.4. The smallest absolute Gasteiger partial charge is 0.412 e. The molecule has 2 N–H and O–H groups in total. The van der Waals surface area contributed by atoms with Crippen molar-refractivity contribution in [3.8, 4) is 5.75 Å². The van der Waals surface area contributed by atoms with Crippen LogP contribution in [0.4, 0.5) is 10.5 Å². The minimum atomic E-state index is -0.510. The molecule has 1 aromatic carbocycles. The second kappa shape index (κ2) is 8.20. The molecule has 1 fully saturated rings. The molecule has 1 saturated carbocycles. The van der Waals surface area contributed by atoms with Gasteiger partial charge in [0.2, 0.25) is 0 Å². The molecule has 1 aliphatic carbocycles. The molecule has 0 saturated heterocycles. The van der Waals surface area contributed by atoms with Gasteiger partial charge in [0, 0.05) is 24.3 Å². The minimum absolute atomic E-state index is 0.461. The molecule has 0 unspecified atom stereocenters. The molecular formula is C18H28N2O3. The van der Waals surface area contributed by atoms with Crippen molar-refractivity contribution in [3.63, 3.8) is 0 Å². The van der Waals surface area contributed by atoms with E-state index in [1.807, 2.05) is 39.0 Å². The van der Waals surface area contributed by atoms with Crippen molar-refractivity contribution in [2.24, 2.45) is 0 Å². The molecule has 0 atom stereocenters. The molecular weight excluding hydrogens is 292 g/mol. The van der Waals surface area contributed by atoms with E-state index in [9.17, 15) is 4.79 Å². The highest BCUT2D eigenvalue weighted by molar-refractivity contribution is 5.85. The number of hydrogen-bond acceptors (Lipinski definition) is 4. The fourth-order valence-corrected chi connectivity index (χ4v) is 2.65. The molecule has 1 aromatic rings. The standard InChI is InChI=1S/C18H28N2O3/c1-18(2,3)23-17(21)20-15-9-6-10-16(13-15)22-12-11-19-14-7-4-5-8-14/h6,9-10,13-14,19H,4-5,7-8,11-12H2,1-3H3,(H,20,21). The Balaban J connectivity index is 1.74. The lowest BCUT2D eigenvalue weighted by Crippen LogP contribution is -2.30. The molecule has 0 spiro atoms. The first-order chi connectivity index (χ1) is 10.9. The Morgan fingerprint density at radius 1 is 1.26 bits per heavy atom. The topological polar surface area (TPSA) is 59.6 Å². The van der Waals surface area contributed by atoms with Gasteiger partial charge < -0.3 is 14.8 Å². The number of amides is 1. The van der Waals surface area contributed by atoms with Gasteiger partial charge >= 0.3 is 6.09 Å². The van der Waals surface area contributed by atoms with Gasteiger partial charge in [0.05, 0.1) is 0 Å². The first kappa shape index (κ1) is 17.6. The van der Waals surface area contributed by atoms with Gasteiger partial charge in [-0.1, -0.05) is 18.9 Å². The van der Waals surface area contributed by atoms with Gasteiger partial charge in [-0.05, 0) is 45.7 Å². The van der Waals surface area contributed by atoms with Crippen LogP contribution >= 0.6 is 0 Å². The summed E-state index contributed by atoms with van der Waals surface area (Å²) >= 11 is 0. The molecule has 5 nitrogen and oxygen atoms in total. The van der Waals surface area contributed by atoms with Gasteiger partial charge in [0.15, 0.2) is 0 Å². The average molecular weight is 320 g/mol. The van der Waals surface area contributed by atoms with Crippen molar-refractivity contribution < 1.29 is 14.3 Å². The predicted molar refractivity (Wildman–Crippen MR) is 92.1 cm³/mol. The van der Waals surface area contributed by atoms with Crippen LogP contribution in [0.15, 0.2) is 24.3 Å². The fraction of sp³-hybridized carbons (Fsp3) is 0.611. The van der Waals surface area contributed by atoms with E-state index in [-0.39, 0.29) is 0 Å². The highest BCUT2D eigenvalue weighted by atomic mass is 16.6. The number of rotatable bonds is 6. The monoisotopic (exact) mass is 320 g/mol. The van der Waals surface area contributed by atoms with Crippen molar-refractivity contribution in [1.82, 2.24) is 5.32 Å². The quantitative estimate of drug-likeness (QED) is 0.779. The van der Waals surface area contributed by atoms with E-state index >= 15 is 0 Å². The van der Waals surface area contributed by atoms with Crippen LogP contribution in [0, 0.1) is 0 Å². The van der Waals surface area contributed by atoms with Crippen molar-refractivity contribution >= 4 is 11.8 Å². The van der Waals surface area contributed by atoms with Crippen LogP contribution < -0.4 is 15.4 Å². The van der Waals surface area contributed by atoms with E-state index in [1.165, 1.54) is 25.7 Å². The van der Waals surface area contributed by atoms with E-state index in [0.717, 1.165) is 12.3 Å². The Labute approximate surface area is 138 Å². The molecule has 2 rings (SSSR count). The number of carbonyl (C=O) groups is 1. The van der Waals surface area contributed by atoms with Crippen LogP contribution in [0.25, 0.3) is 0 Å². The Bertz CT molecular complexity index is 505. The third kappa shape index (κ3) is 6.91. The summed E-state index contributed by atoms with van der Waals surface area (Å²) in [6.07, 6.45) is 4.75. The number of benzene rings is 1. The Kier molecular flexibility index (Phi) is 6.28. The summed E-state index contributed by atoms with van der Waals surface area (Å²) in [6.45, 7) is 6.97. The molecule has 128 valence electrons. The minimum Gasteiger partial charge on any atom is -0.492 e. The van der Waals surface area contributed by atoms with Gasteiger partial charge in [-0.3, -0.25) is 5.32 Å². The van der Waals surface area contributed by atoms with Crippen molar-refractivity contribution in [2.75, 3.05) is 18.5 Å². The van der Waals surface area contributed by atoms with Crippen LogP contribution in [-0.4, -0.2) is 30.9 Å². The van der Waals surface area contributed by atoms with Crippen LogP contribution in [-0.2, 0) is 4.74 Å². The SMILES string of the molecule is CC(C)(C)OC(=O)Nc1cccc(OCCNC2CCCC2)c1. The maximum absolute atomic E-state index is 11.8. The number of ether oxygens (including phenoxy) is 2. The first-order valence-electron chi connectivity index (χ1n) is 8.39. The van der Waals surface area contributed by atoms with Gasteiger partial charge in [0.25, 0.3) is 0 Å². The van der Waals surface area contributed by atoms with E-state index in [2.05, 4.69) is 10.6 Å². The summed E-state index contributed by atoms with van der Waals surface area (Å²) in [6, 6.07) is 8.01. The van der Waals surface area contributed by atoms with Crippen molar-refractivity contribution in [1.29, 1.82) is 0 Å². The van der Waals surface area contributed by atoms with E-state index < -0.39 is 11.7 Å². The maximum atomic E-state index is 11.8. The third-order valence-corrected chi connectivity index (χ3v) is 3.64. The Morgan fingerprint density at radius 3 is 2.70 bits per heavy atom. The largest absolute Gasteiger partial charge is 0.492 e. The number of hydrogen-bond donors (Lipinski definition) is 2. The second-order valence-electron chi connectivity index (χ2n) is 6.94. The fourth-order valence-electron chi connectivity index (χ4n) is 2.65. The third-order valence-electron chi connectivity index (χ3n) is 3.64. The molecule has 23 heavy (non-hydrogen) atoms. The number of anilines is 1. The summed E-state index contributed by atoms with van der Waals surface area (Å²) in [7, 11) is 0. The maximum Gasteiger partial charge on any atom is 0.412 e. The molecule has 0 aromatic heterocycles. The lowest BCUT2D eigenvalue weighted by Gasteiger charge is -2.19.